The van der Waals surface area contributed by atoms with Gasteiger partial charge in [0.05, 0.1) is 6.07 Å². The van der Waals surface area contributed by atoms with Crippen molar-refractivity contribution in [2.75, 3.05) is 0 Å². The quantitative estimate of drug-likeness (QED) is 0.459. The predicted molar refractivity (Wildman–Crippen MR) is 41.8 cm³/mol. The Hall–Kier alpha value is -1.49. The smallest absolute Gasteiger partial charge is 0.0985 e. The van der Waals surface area contributed by atoms with Crippen molar-refractivity contribution in [2.24, 2.45) is 5.73 Å². The average Bonchev–Trinajstić information content (AvgIpc) is 1.99. The Bertz CT molecular complexity index is 216. The summed E-state index contributed by atoms with van der Waals surface area (Å²) in [5.74, 6) is 0. The minimum atomic E-state index is 0.432. The van der Waals surface area contributed by atoms with Crippen LogP contribution < -0.4 is 5.73 Å². The van der Waals surface area contributed by atoms with Crippen molar-refractivity contribution in [2.45, 2.75) is 6.92 Å². The zero-order valence-corrected chi connectivity index (χ0v) is 5.96. The molecule has 0 saturated carbocycles. The summed E-state index contributed by atoms with van der Waals surface area (Å²) in [4.78, 5) is 0. The minimum Gasteiger partial charge on any atom is -0.404 e. The lowest BCUT2D eigenvalue weighted by atomic mass is 10.2. The molecule has 2 nitrogen and oxygen atoms in total. The van der Waals surface area contributed by atoms with Crippen molar-refractivity contribution in [3.05, 3.63) is 36.1 Å². The van der Waals surface area contributed by atoms with Crippen molar-refractivity contribution in [1.29, 1.82) is 5.26 Å². The normalized spacial score (nSPS) is 11.4. The Kier molecular flexibility index (Phi) is 3.74. The fraction of sp³-hybridized carbons (Fsp3) is 0.125. The molecule has 0 bridgehead atoms. The highest BCUT2D eigenvalue weighted by molar-refractivity contribution is 5.33. The van der Waals surface area contributed by atoms with E-state index in [9.17, 15) is 0 Å². The van der Waals surface area contributed by atoms with Gasteiger partial charge in [-0.1, -0.05) is 12.7 Å². The highest BCUT2D eigenvalue weighted by atomic mass is 14.5. The van der Waals surface area contributed by atoms with Crippen LogP contribution in [0.1, 0.15) is 6.92 Å². The molecule has 0 aromatic heterocycles. The van der Waals surface area contributed by atoms with Gasteiger partial charge in [0.15, 0.2) is 0 Å². The van der Waals surface area contributed by atoms with Crippen molar-refractivity contribution in [3.63, 3.8) is 0 Å². The minimum absolute atomic E-state index is 0.432. The highest BCUT2D eigenvalue weighted by Gasteiger charge is 1.80. The third-order valence-electron chi connectivity index (χ3n) is 0.954. The molecular weight excluding hydrogens is 124 g/mol. The number of nitrogens with zero attached hydrogens (tertiary/aromatic N) is 1. The van der Waals surface area contributed by atoms with Gasteiger partial charge in [-0.05, 0) is 24.8 Å². The molecular formula is C8H10N2. The monoisotopic (exact) mass is 134 g/mol. The molecule has 0 rings (SSSR count). The molecule has 0 heterocycles. The topological polar surface area (TPSA) is 49.8 Å². The van der Waals surface area contributed by atoms with Crippen molar-refractivity contribution >= 4 is 0 Å². The largest absolute Gasteiger partial charge is 0.404 e. The maximum absolute atomic E-state index is 8.27. The SMILES string of the molecule is C=C(C#N)/C=C\C(C)=C/N. The number of nitrogens with two attached hydrogens (primary N) is 1. The number of hydrogen-bond acceptors (Lipinski definition) is 2. The molecule has 0 radical (unpaired) electrons. The Labute approximate surface area is 61.0 Å². The lowest BCUT2D eigenvalue weighted by Crippen LogP contribution is -1.80. The summed E-state index contributed by atoms with van der Waals surface area (Å²) in [5, 5.41) is 8.27. The van der Waals surface area contributed by atoms with Crippen LogP contribution in [0.15, 0.2) is 36.1 Å². The molecule has 2 heteroatoms. The van der Waals surface area contributed by atoms with Gasteiger partial charge in [-0.15, -0.1) is 0 Å². The van der Waals surface area contributed by atoms with Gasteiger partial charge in [-0.25, -0.2) is 0 Å². The van der Waals surface area contributed by atoms with Gasteiger partial charge in [0.2, 0.25) is 0 Å². The lowest BCUT2D eigenvalue weighted by Gasteiger charge is -1.85. The van der Waals surface area contributed by atoms with Gasteiger partial charge in [-0.3, -0.25) is 0 Å². The first kappa shape index (κ1) is 8.51. The summed E-state index contributed by atoms with van der Waals surface area (Å²) < 4.78 is 0. The van der Waals surface area contributed by atoms with Gasteiger partial charge >= 0.3 is 0 Å². The van der Waals surface area contributed by atoms with E-state index in [1.165, 1.54) is 6.20 Å². The van der Waals surface area contributed by atoms with Gasteiger partial charge < -0.3 is 5.73 Å². The molecule has 0 fully saturated rings. The van der Waals surface area contributed by atoms with Crippen LogP contribution in [-0.2, 0) is 0 Å². The summed E-state index contributed by atoms with van der Waals surface area (Å²) in [6.45, 7) is 5.31. The Morgan fingerprint density at radius 3 is 2.60 bits per heavy atom. The van der Waals surface area contributed by atoms with Crippen LogP contribution in [-0.4, -0.2) is 0 Å². The fourth-order valence-corrected chi connectivity index (χ4v) is 0.325. The summed E-state index contributed by atoms with van der Waals surface area (Å²) >= 11 is 0. The third-order valence-corrected chi connectivity index (χ3v) is 0.954. The zero-order chi connectivity index (χ0) is 7.98. The van der Waals surface area contributed by atoms with Crippen molar-refractivity contribution < 1.29 is 0 Å². The number of allylic oxidation sites excluding steroid dienone is 4. The average molecular weight is 134 g/mol. The molecule has 0 aromatic rings. The van der Waals surface area contributed by atoms with E-state index in [4.69, 9.17) is 11.0 Å². The Morgan fingerprint density at radius 1 is 1.60 bits per heavy atom. The molecule has 0 atom stereocenters. The molecule has 0 aromatic carbocycles. The van der Waals surface area contributed by atoms with E-state index in [2.05, 4.69) is 6.58 Å². The Balaban J connectivity index is 4.04. The third kappa shape index (κ3) is 3.50. The van der Waals surface area contributed by atoms with Gasteiger partial charge in [-0.2, -0.15) is 5.26 Å². The second kappa shape index (κ2) is 4.39. The molecule has 0 saturated heterocycles. The van der Waals surface area contributed by atoms with E-state index >= 15 is 0 Å². The van der Waals surface area contributed by atoms with Gasteiger partial charge in [0.1, 0.15) is 0 Å². The molecule has 52 valence electrons. The van der Waals surface area contributed by atoms with Gasteiger partial charge in [0, 0.05) is 5.57 Å². The van der Waals surface area contributed by atoms with E-state index in [0.717, 1.165) is 5.57 Å². The van der Waals surface area contributed by atoms with E-state index in [1.807, 2.05) is 13.0 Å². The van der Waals surface area contributed by atoms with Crippen LogP contribution in [0, 0.1) is 11.3 Å². The van der Waals surface area contributed by atoms with Crippen molar-refractivity contribution in [3.8, 4) is 6.07 Å². The number of hydrogen-bond donors (Lipinski definition) is 1. The number of nitriles is 1. The van der Waals surface area contributed by atoms with Crippen molar-refractivity contribution in [1.82, 2.24) is 0 Å². The van der Waals surface area contributed by atoms with Crippen LogP contribution in [0.3, 0.4) is 0 Å². The van der Waals surface area contributed by atoms with E-state index in [0.29, 0.717) is 5.57 Å². The van der Waals surface area contributed by atoms with Crippen LogP contribution in [0.5, 0.6) is 0 Å². The van der Waals surface area contributed by atoms with Crippen LogP contribution in [0.4, 0.5) is 0 Å². The molecule has 10 heavy (non-hydrogen) atoms. The molecule has 2 N–H and O–H groups in total. The Morgan fingerprint density at radius 2 is 2.20 bits per heavy atom. The first-order valence-electron chi connectivity index (χ1n) is 2.86. The summed E-state index contributed by atoms with van der Waals surface area (Å²) in [6.07, 6.45) is 4.84. The molecule has 0 aliphatic carbocycles. The highest BCUT2D eigenvalue weighted by Crippen LogP contribution is 1.95. The van der Waals surface area contributed by atoms with E-state index in [1.54, 1.807) is 12.2 Å². The summed E-state index contributed by atoms with van der Waals surface area (Å²) in [5.41, 5.74) is 6.52. The van der Waals surface area contributed by atoms with Gasteiger partial charge in [0.25, 0.3) is 0 Å². The molecule has 0 aliphatic rings. The second-order valence-corrected chi connectivity index (χ2v) is 1.88. The standard InChI is InChI=1S/C8H10N2/c1-7(5-9)3-4-8(2)6-10/h3-4,6H,1,10H2,2H3/b4-3-,8-6-. The second-order valence-electron chi connectivity index (χ2n) is 1.88. The van der Waals surface area contributed by atoms with E-state index in [-0.39, 0.29) is 0 Å². The molecule has 0 amide bonds. The summed E-state index contributed by atoms with van der Waals surface area (Å²) in [7, 11) is 0. The zero-order valence-electron chi connectivity index (χ0n) is 5.96. The lowest BCUT2D eigenvalue weighted by molar-refractivity contribution is 1.43. The first-order chi connectivity index (χ1) is 4.70. The van der Waals surface area contributed by atoms with Crippen LogP contribution in [0.25, 0.3) is 0 Å². The maximum atomic E-state index is 8.27. The molecule has 0 aliphatic heterocycles. The molecule has 0 unspecified atom stereocenters. The summed E-state index contributed by atoms with van der Waals surface area (Å²) in [6, 6.07) is 1.90. The maximum Gasteiger partial charge on any atom is 0.0985 e. The van der Waals surface area contributed by atoms with Crippen LogP contribution in [0.2, 0.25) is 0 Å². The fourth-order valence-electron chi connectivity index (χ4n) is 0.325. The van der Waals surface area contributed by atoms with Crippen LogP contribution >= 0.6 is 0 Å². The molecule has 0 spiro atoms. The predicted octanol–water partition coefficient (Wildman–Crippen LogP) is 1.48. The first-order valence-corrected chi connectivity index (χ1v) is 2.86. The number of rotatable bonds is 2. The van der Waals surface area contributed by atoms with E-state index < -0.39 is 0 Å².